The number of rotatable bonds is 1. The molecule has 0 aliphatic carbocycles. The minimum Gasteiger partial charge on any atom is -0.475 e. The smallest absolute Gasteiger partial charge is 0.475 e. The van der Waals surface area contributed by atoms with Gasteiger partial charge in [-0.2, -0.15) is 18.3 Å². The number of carbonyl (C=O) groups excluding carboxylic acids is 1. The van der Waals surface area contributed by atoms with Crippen LogP contribution in [0.5, 0.6) is 0 Å². The van der Waals surface area contributed by atoms with Crippen molar-refractivity contribution in [3.8, 4) is 0 Å². The normalized spacial score (nSPS) is 17.2. The number of hydrogen-bond donors (Lipinski definition) is 3. The second kappa shape index (κ2) is 7.76. The third-order valence-corrected chi connectivity index (χ3v) is 5.29. The van der Waals surface area contributed by atoms with E-state index in [1.807, 2.05) is 17.9 Å². The van der Waals surface area contributed by atoms with Gasteiger partial charge in [-0.3, -0.25) is 9.89 Å². The number of halogens is 3. The topological polar surface area (TPSA) is 98.3 Å². The number of nitrogens with zero attached hydrogens (tertiary/aromatic N) is 2. The number of aromatic nitrogens is 2. The maximum atomic E-state index is 12.5. The van der Waals surface area contributed by atoms with Crippen LogP contribution in [0.2, 0.25) is 0 Å². The van der Waals surface area contributed by atoms with E-state index in [4.69, 9.17) is 9.90 Å². The fourth-order valence-corrected chi connectivity index (χ4v) is 3.73. The molecule has 2 aliphatic heterocycles. The summed E-state index contributed by atoms with van der Waals surface area (Å²) in [5.41, 5.74) is 4.31. The number of carboxylic acid groups (broad SMARTS) is 1. The predicted octanol–water partition coefficient (Wildman–Crippen LogP) is 2.95. The quantitative estimate of drug-likeness (QED) is 0.672. The summed E-state index contributed by atoms with van der Waals surface area (Å²) in [6.45, 7) is 4.48. The zero-order valence-corrected chi connectivity index (χ0v) is 15.7. The molecule has 1 fully saturated rings. The molecular weight excluding hydrogens is 389 g/mol. The Morgan fingerprint density at radius 3 is 2.38 bits per heavy atom. The van der Waals surface area contributed by atoms with Gasteiger partial charge in [0.15, 0.2) is 0 Å². The maximum Gasteiger partial charge on any atom is 0.490 e. The highest BCUT2D eigenvalue weighted by Gasteiger charge is 2.42. The minimum absolute atomic E-state index is 0.0402. The number of aromatic amines is 1. The van der Waals surface area contributed by atoms with Crippen molar-refractivity contribution in [2.45, 2.75) is 31.4 Å². The number of amides is 1. The first kappa shape index (κ1) is 20.7. The molecule has 2 aromatic rings. The molecule has 29 heavy (non-hydrogen) atoms. The van der Waals surface area contributed by atoms with Crippen LogP contribution in [0.1, 0.15) is 34.6 Å². The molecule has 1 aromatic heterocycles. The molecule has 0 bridgehead atoms. The number of hydrogen-bond acceptors (Lipinski definition) is 4. The highest BCUT2D eigenvalue weighted by molar-refractivity contribution is 5.92. The summed E-state index contributed by atoms with van der Waals surface area (Å²) >= 11 is 0. The number of benzene rings is 1. The fourth-order valence-electron chi connectivity index (χ4n) is 3.73. The molecule has 7 nitrogen and oxygen atoms in total. The summed E-state index contributed by atoms with van der Waals surface area (Å²) in [7, 11) is 0. The molecule has 1 spiro atoms. The lowest BCUT2D eigenvalue weighted by Crippen LogP contribution is -2.46. The van der Waals surface area contributed by atoms with Crippen LogP contribution < -0.4 is 5.32 Å². The third-order valence-electron chi connectivity index (χ3n) is 5.29. The lowest BCUT2D eigenvalue weighted by atomic mass is 9.74. The number of anilines is 1. The number of alkyl halides is 3. The molecule has 0 unspecified atom stereocenters. The Bertz CT molecular complexity index is 902. The van der Waals surface area contributed by atoms with E-state index in [1.54, 1.807) is 0 Å². The molecule has 3 N–H and O–H groups in total. The van der Waals surface area contributed by atoms with E-state index in [0.717, 1.165) is 38.2 Å². The van der Waals surface area contributed by atoms with Crippen molar-refractivity contribution in [2.24, 2.45) is 0 Å². The number of aryl methyl sites for hydroxylation is 1. The Kier molecular flexibility index (Phi) is 5.54. The number of carbonyl (C=O) groups is 2. The Hall–Kier alpha value is -3.04. The first-order valence-corrected chi connectivity index (χ1v) is 9.07. The predicted molar refractivity (Wildman–Crippen MR) is 98.8 cm³/mol. The van der Waals surface area contributed by atoms with Gasteiger partial charge < -0.3 is 15.3 Å². The van der Waals surface area contributed by atoms with Crippen molar-refractivity contribution in [2.75, 3.05) is 25.0 Å². The van der Waals surface area contributed by atoms with Gasteiger partial charge >= 0.3 is 12.1 Å². The van der Waals surface area contributed by atoms with Crippen LogP contribution in [-0.4, -0.2) is 57.9 Å². The van der Waals surface area contributed by atoms with E-state index in [2.05, 4.69) is 39.8 Å². The van der Waals surface area contributed by atoms with E-state index >= 15 is 0 Å². The Balaban J connectivity index is 0.000000298. The zero-order chi connectivity index (χ0) is 21.2. The third kappa shape index (κ3) is 4.36. The largest absolute Gasteiger partial charge is 0.490 e. The molecule has 2 aliphatic rings. The number of H-pyrrole nitrogens is 1. The number of para-hydroxylation sites is 1. The van der Waals surface area contributed by atoms with Gasteiger partial charge in [0.05, 0.1) is 0 Å². The second-order valence-corrected chi connectivity index (χ2v) is 7.21. The number of aliphatic carboxylic acids is 1. The highest BCUT2D eigenvalue weighted by Crippen LogP contribution is 2.43. The molecule has 4 rings (SSSR count). The van der Waals surface area contributed by atoms with Gasteiger partial charge in [-0.1, -0.05) is 18.2 Å². The van der Waals surface area contributed by atoms with Gasteiger partial charge in [0, 0.05) is 36.4 Å². The number of likely N-dealkylation sites (tertiary alicyclic amines) is 1. The van der Waals surface area contributed by atoms with Crippen molar-refractivity contribution in [3.05, 3.63) is 47.3 Å². The number of fused-ring (bicyclic) bond motifs is 2. The Morgan fingerprint density at radius 1 is 1.21 bits per heavy atom. The first-order chi connectivity index (χ1) is 13.6. The number of carboxylic acids is 1. The van der Waals surface area contributed by atoms with Crippen LogP contribution in [0.15, 0.2) is 30.3 Å². The number of piperidine rings is 1. The van der Waals surface area contributed by atoms with Crippen LogP contribution in [0.25, 0.3) is 0 Å². The molecule has 10 heteroatoms. The maximum absolute atomic E-state index is 12.5. The Morgan fingerprint density at radius 2 is 1.83 bits per heavy atom. The van der Waals surface area contributed by atoms with Gasteiger partial charge in [0.2, 0.25) is 0 Å². The van der Waals surface area contributed by atoms with Gasteiger partial charge in [0.1, 0.15) is 5.69 Å². The molecule has 1 saturated heterocycles. The van der Waals surface area contributed by atoms with E-state index < -0.39 is 12.1 Å². The van der Waals surface area contributed by atoms with Gasteiger partial charge in [0.25, 0.3) is 5.91 Å². The lowest BCUT2D eigenvalue weighted by molar-refractivity contribution is -0.192. The van der Waals surface area contributed by atoms with Crippen LogP contribution in [0, 0.1) is 6.92 Å². The van der Waals surface area contributed by atoms with Crippen molar-refractivity contribution in [1.82, 2.24) is 15.1 Å². The minimum atomic E-state index is -5.08. The van der Waals surface area contributed by atoms with E-state index in [-0.39, 0.29) is 11.3 Å². The van der Waals surface area contributed by atoms with Crippen molar-refractivity contribution >= 4 is 17.6 Å². The molecular formula is C19H21F3N4O3. The molecule has 1 amide bonds. The standard InChI is InChI=1S/C17H20N4O.C2HF3O2/c1-12-10-15(20-19-12)16(22)21-8-6-17(7-9-21)11-18-14-5-3-2-4-13(14)17;3-2(4,5)1(6)7/h2-5,10,18H,6-9,11H2,1H3,(H,19,20);(H,6,7). The summed E-state index contributed by atoms with van der Waals surface area (Å²) in [5, 5.41) is 17.6. The summed E-state index contributed by atoms with van der Waals surface area (Å²) < 4.78 is 31.7. The summed E-state index contributed by atoms with van der Waals surface area (Å²) in [5.74, 6) is -2.72. The van der Waals surface area contributed by atoms with Crippen LogP contribution in [-0.2, 0) is 10.2 Å². The van der Waals surface area contributed by atoms with Gasteiger partial charge in [-0.05, 0) is 37.5 Å². The zero-order valence-electron chi connectivity index (χ0n) is 15.7. The summed E-state index contributed by atoms with van der Waals surface area (Å²) in [6, 6.07) is 10.4. The van der Waals surface area contributed by atoms with Crippen LogP contribution >= 0.6 is 0 Å². The van der Waals surface area contributed by atoms with Crippen molar-refractivity contribution < 1.29 is 27.9 Å². The molecule has 156 valence electrons. The monoisotopic (exact) mass is 410 g/mol. The van der Waals surface area contributed by atoms with Crippen LogP contribution in [0.3, 0.4) is 0 Å². The molecule has 1 aromatic carbocycles. The highest BCUT2D eigenvalue weighted by atomic mass is 19.4. The second-order valence-electron chi connectivity index (χ2n) is 7.21. The molecule has 0 saturated carbocycles. The first-order valence-electron chi connectivity index (χ1n) is 9.07. The number of nitrogens with one attached hydrogen (secondary N) is 2. The molecule has 0 atom stereocenters. The van der Waals surface area contributed by atoms with E-state index in [9.17, 15) is 18.0 Å². The lowest BCUT2D eigenvalue weighted by Gasteiger charge is -2.39. The summed E-state index contributed by atoms with van der Waals surface area (Å²) in [6.07, 6.45) is -3.07. The Labute approximate surface area is 164 Å². The molecule has 0 radical (unpaired) electrons. The van der Waals surface area contributed by atoms with E-state index in [0.29, 0.717) is 5.69 Å². The van der Waals surface area contributed by atoms with E-state index in [1.165, 1.54) is 11.3 Å². The van der Waals surface area contributed by atoms with Crippen molar-refractivity contribution in [1.29, 1.82) is 0 Å². The average molecular weight is 410 g/mol. The average Bonchev–Trinajstić information content (AvgIpc) is 3.27. The van der Waals surface area contributed by atoms with Gasteiger partial charge in [-0.15, -0.1) is 0 Å². The van der Waals surface area contributed by atoms with Gasteiger partial charge in [-0.25, -0.2) is 4.79 Å². The summed E-state index contributed by atoms with van der Waals surface area (Å²) in [4.78, 5) is 23.3. The van der Waals surface area contributed by atoms with Crippen molar-refractivity contribution in [3.63, 3.8) is 0 Å². The molecule has 3 heterocycles. The SMILES string of the molecule is Cc1cc(C(=O)N2CCC3(CC2)CNc2ccccc23)n[nH]1.O=C(O)C(F)(F)F. The van der Waals surface area contributed by atoms with Crippen LogP contribution in [0.4, 0.5) is 18.9 Å². The fraction of sp³-hybridized carbons (Fsp3) is 0.421.